The summed E-state index contributed by atoms with van der Waals surface area (Å²) in [7, 11) is 0. The van der Waals surface area contributed by atoms with Crippen molar-refractivity contribution in [1.82, 2.24) is 10.2 Å². The molecule has 2 amide bonds. The van der Waals surface area contributed by atoms with Crippen molar-refractivity contribution < 1.29 is 9.59 Å². The van der Waals surface area contributed by atoms with Crippen molar-refractivity contribution in [3.63, 3.8) is 0 Å². The Labute approximate surface area is 127 Å². The van der Waals surface area contributed by atoms with Gasteiger partial charge in [0.25, 0.3) is 0 Å². The van der Waals surface area contributed by atoms with Crippen LogP contribution in [0.15, 0.2) is 0 Å². The Morgan fingerprint density at radius 2 is 1.86 bits per heavy atom. The minimum Gasteiger partial charge on any atom is -0.356 e. The minimum atomic E-state index is 0.0298. The number of nitrogens with zero attached hydrogens (tertiary/aromatic N) is 1. The third-order valence-electron chi connectivity index (χ3n) is 4.89. The van der Waals surface area contributed by atoms with Crippen LogP contribution in [0.3, 0.4) is 0 Å². The zero-order valence-corrected chi connectivity index (χ0v) is 13.1. The molecule has 5 nitrogen and oxygen atoms in total. The monoisotopic (exact) mass is 295 g/mol. The van der Waals surface area contributed by atoms with E-state index in [9.17, 15) is 9.59 Å². The van der Waals surface area contributed by atoms with Crippen molar-refractivity contribution in [2.75, 3.05) is 19.6 Å². The fourth-order valence-electron chi connectivity index (χ4n) is 3.57. The van der Waals surface area contributed by atoms with Gasteiger partial charge >= 0.3 is 0 Å². The lowest BCUT2D eigenvalue weighted by Gasteiger charge is -2.34. The predicted octanol–water partition coefficient (Wildman–Crippen LogP) is 1.27. The van der Waals surface area contributed by atoms with Crippen LogP contribution in [0, 0.1) is 11.8 Å². The van der Waals surface area contributed by atoms with Gasteiger partial charge < -0.3 is 16.0 Å². The molecular formula is C16H29N3O2. The summed E-state index contributed by atoms with van der Waals surface area (Å²) in [6.07, 6.45) is 7.09. The quantitative estimate of drug-likeness (QED) is 0.820. The van der Waals surface area contributed by atoms with Crippen LogP contribution >= 0.6 is 0 Å². The molecule has 2 atom stereocenters. The van der Waals surface area contributed by atoms with Crippen LogP contribution in [-0.2, 0) is 9.59 Å². The van der Waals surface area contributed by atoms with Crippen molar-refractivity contribution in [3.05, 3.63) is 0 Å². The summed E-state index contributed by atoms with van der Waals surface area (Å²) in [6, 6.07) is 0.292. The molecule has 0 spiro atoms. The van der Waals surface area contributed by atoms with E-state index in [1.165, 1.54) is 0 Å². The Balaban J connectivity index is 1.69. The summed E-state index contributed by atoms with van der Waals surface area (Å²) in [5, 5.41) is 2.87. The van der Waals surface area contributed by atoms with Gasteiger partial charge in [0.15, 0.2) is 0 Å². The molecular weight excluding hydrogens is 266 g/mol. The highest BCUT2D eigenvalue weighted by Gasteiger charge is 2.27. The number of hydrogen-bond donors (Lipinski definition) is 2. The minimum absolute atomic E-state index is 0.0298. The van der Waals surface area contributed by atoms with E-state index in [0.717, 1.165) is 58.2 Å². The molecule has 1 aliphatic carbocycles. The van der Waals surface area contributed by atoms with E-state index >= 15 is 0 Å². The van der Waals surface area contributed by atoms with Gasteiger partial charge in [0.2, 0.25) is 11.8 Å². The third kappa shape index (κ3) is 5.30. The Morgan fingerprint density at radius 1 is 1.14 bits per heavy atom. The molecule has 0 radical (unpaired) electrons. The van der Waals surface area contributed by atoms with Gasteiger partial charge in [-0.25, -0.2) is 0 Å². The standard InChI is InChI=1S/C16H29N3O2/c1-12(20)18-11-13-5-7-19(8-6-13)16(21)10-14-3-2-4-15(17)9-14/h13-15H,2-11,17H2,1H3,(H,18,20). The van der Waals surface area contributed by atoms with E-state index in [4.69, 9.17) is 5.73 Å². The van der Waals surface area contributed by atoms with Crippen molar-refractivity contribution in [3.8, 4) is 0 Å². The van der Waals surface area contributed by atoms with Crippen LogP contribution in [0.4, 0.5) is 0 Å². The first-order valence-electron chi connectivity index (χ1n) is 8.32. The maximum atomic E-state index is 12.4. The number of nitrogens with two attached hydrogens (primary N) is 1. The van der Waals surface area contributed by atoms with Crippen molar-refractivity contribution in [1.29, 1.82) is 0 Å². The van der Waals surface area contributed by atoms with E-state index in [0.29, 0.717) is 30.2 Å². The average molecular weight is 295 g/mol. The molecule has 0 aromatic carbocycles. The van der Waals surface area contributed by atoms with E-state index in [-0.39, 0.29) is 5.91 Å². The number of likely N-dealkylation sites (tertiary alicyclic amines) is 1. The number of nitrogens with one attached hydrogen (secondary N) is 1. The van der Waals surface area contributed by atoms with Crippen LogP contribution in [0.5, 0.6) is 0 Å². The van der Waals surface area contributed by atoms with Crippen molar-refractivity contribution >= 4 is 11.8 Å². The molecule has 1 heterocycles. The zero-order chi connectivity index (χ0) is 15.2. The summed E-state index contributed by atoms with van der Waals surface area (Å²) < 4.78 is 0. The number of rotatable bonds is 4. The number of carbonyl (C=O) groups excluding carboxylic acids is 2. The first kappa shape index (κ1) is 16.3. The molecule has 3 N–H and O–H groups in total. The second-order valence-corrected chi connectivity index (χ2v) is 6.76. The van der Waals surface area contributed by atoms with E-state index in [1.54, 1.807) is 6.92 Å². The highest BCUT2D eigenvalue weighted by Crippen LogP contribution is 2.27. The zero-order valence-electron chi connectivity index (χ0n) is 13.1. The van der Waals surface area contributed by atoms with Gasteiger partial charge in [0.1, 0.15) is 0 Å². The van der Waals surface area contributed by atoms with Crippen LogP contribution in [0.2, 0.25) is 0 Å². The van der Waals surface area contributed by atoms with E-state index < -0.39 is 0 Å². The van der Waals surface area contributed by atoms with Crippen LogP contribution in [0.1, 0.15) is 51.9 Å². The lowest BCUT2D eigenvalue weighted by molar-refractivity contribution is -0.134. The SMILES string of the molecule is CC(=O)NCC1CCN(C(=O)CC2CCCC(N)C2)CC1. The fraction of sp³-hybridized carbons (Fsp3) is 0.875. The Kier molecular flexibility index (Phi) is 6.03. The number of amides is 2. The second-order valence-electron chi connectivity index (χ2n) is 6.76. The largest absolute Gasteiger partial charge is 0.356 e. The lowest BCUT2D eigenvalue weighted by atomic mass is 9.83. The summed E-state index contributed by atoms with van der Waals surface area (Å²) in [5.41, 5.74) is 6.00. The Morgan fingerprint density at radius 3 is 2.48 bits per heavy atom. The first-order chi connectivity index (χ1) is 10.0. The molecule has 2 aliphatic rings. The molecule has 1 aliphatic heterocycles. The third-order valence-corrected chi connectivity index (χ3v) is 4.89. The van der Waals surface area contributed by atoms with Gasteiger partial charge in [0, 0.05) is 39.0 Å². The van der Waals surface area contributed by atoms with Crippen molar-refractivity contribution in [2.24, 2.45) is 17.6 Å². The summed E-state index contributed by atoms with van der Waals surface area (Å²) in [6.45, 7) is 3.96. The number of piperidine rings is 1. The molecule has 5 heteroatoms. The van der Waals surface area contributed by atoms with E-state index in [1.807, 2.05) is 4.90 Å². The van der Waals surface area contributed by atoms with Gasteiger partial charge in [0.05, 0.1) is 0 Å². The van der Waals surface area contributed by atoms with Gasteiger partial charge in [-0.05, 0) is 43.9 Å². The second kappa shape index (κ2) is 7.78. The average Bonchev–Trinajstić information content (AvgIpc) is 2.45. The maximum absolute atomic E-state index is 12.4. The fourth-order valence-corrected chi connectivity index (χ4v) is 3.57. The topological polar surface area (TPSA) is 75.4 Å². The predicted molar refractivity (Wildman–Crippen MR) is 82.5 cm³/mol. The molecule has 2 fully saturated rings. The highest BCUT2D eigenvalue weighted by atomic mass is 16.2. The van der Waals surface area contributed by atoms with Gasteiger partial charge in [-0.15, -0.1) is 0 Å². The molecule has 1 saturated heterocycles. The Bertz CT molecular complexity index is 365. The normalized spacial score (nSPS) is 27.4. The molecule has 1 saturated carbocycles. The summed E-state index contributed by atoms with van der Waals surface area (Å²) >= 11 is 0. The summed E-state index contributed by atoms with van der Waals surface area (Å²) in [4.78, 5) is 25.3. The van der Waals surface area contributed by atoms with Crippen LogP contribution in [0.25, 0.3) is 0 Å². The van der Waals surface area contributed by atoms with E-state index in [2.05, 4.69) is 5.32 Å². The van der Waals surface area contributed by atoms with Gasteiger partial charge in [-0.2, -0.15) is 0 Å². The molecule has 120 valence electrons. The number of carbonyl (C=O) groups is 2. The molecule has 0 aromatic rings. The Hall–Kier alpha value is -1.10. The molecule has 2 rings (SSSR count). The lowest BCUT2D eigenvalue weighted by Crippen LogP contribution is -2.42. The van der Waals surface area contributed by atoms with Gasteiger partial charge in [-0.1, -0.05) is 6.42 Å². The van der Waals surface area contributed by atoms with Crippen LogP contribution in [-0.4, -0.2) is 42.4 Å². The smallest absolute Gasteiger partial charge is 0.222 e. The summed E-state index contributed by atoms with van der Waals surface area (Å²) in [5.74, 6) is 1.33. The first-order valence-corrected chi connectivity index (χ1v) is 8.32. The van der Waals surface area contributed by atoms with Gasteiger partial charge in [-0.3, -0.25) is 9.59 Å². The highest BCUT2D eigenvalue weighted by molar-refractivity contribution is 5.76. The van der Waals surface area contributed by atoms with Crippen molar-refractivity contribution in [2.45, 2.75) is 57.9 Å². The van der Waals surface area contributed by atoms with Crippen LogP contribution < -0.4 is 11.1 Å². The number of hydrogen-bond acceptors (Lipinski definition) is 3. The maximum Gasteiger partial charge on any atom is 0.222 e. The molecule has 2 unspecified atom stereocenters. The molecule has 0 bridgehead atoms. The molecule has 21 heavy (non-hydrogen) atoms. The molecule has 0 aromatic heterocycles.